The summed E-state index contributed by atoms with van der Waals surface area (Å²) in [6.45, 7) is 16.1. The summed E-state index contributed by atoms with van der Waals surface area (Å²) < 4.78 is 0. The first-order valence-corrected chi connectivity index (χ1v) is 14.4. The van der Waals surface area contributed by atoms with Crippen molar-refractivity contribution in [3.8, 4) is 0 Å². The zero-order valence-electron chi connectivity index (χ0n) is 22.4. The number of carbonyl (C=O) groups is 2. The van der Waals surface area contributed by atoms with Gasteiger partial charge in [0.05, 0.1) is 0 Å². The Balaban J connectivity index is 1.21. The lowest BCUT2D eigenvalue weighted by Gasteiger charge is -2.43. The summed E-state index contributed by atoms with van der Waals surface area (Å²) >= 11 is 0. The molecule has 2 amide bonds. The Bertz CT molecular complexity index is 684. The molecular weight excluding hydrogens is 424 g/mol. The van der Waals surface area contributed by atoms with Crippen molar-refractivity contribution in [3.05, 3.63) is 0 Å². The highest BCUT2D eigenvalue weighted by Crippen LogP contribution is 2.31. The molecule has 0 aromatic carbocycles. The van der Waals surface area contributed by atoms with E-state index in [0.29, 0.717) is 18.5 Å². The van der Waals surface area contributed by atoms with E-state index < -0.39 is 0 Å². The normalized spacial score (nSPS) is 30.9. The third-order valence-electron chi connectivity index (χ3n) is 9.30. The van der Waals surface area contributed by atoms with Crippen molar-refractivity contribution < 1.29 is 9.59 Å². The summed E-state index contributed by atoms with van der Waals surface area (Å²) in [6, 6.07) is 1.83. The molecular formula is C28H50N4O2. The number of rotatable bonds is 8. The predicted octanol–water partition coefficient (Wildman–Crippen LogP) is 3.99. The molecule has 4 aliphatic rings. The smallest absolute Gasteiger partial charge is 0.233 e. The molecule has 4 unspecified atom stereocenters. The second kappa shape index (κ2) is 11.8. The molecule has 4 heterocycles. The van der Waals surface area contributed by atoms with Gasteiger partial charge in [0.25, 0.3) is 0 Å². The van der Waals surface area contributed by atoms with Gasteiger partial charge in [0.1, 0.15) is 0 Å². The number of hydrogen-bond donors (Lipinski definition) is 0. The van der Waals surface area contributed by atoms with Gasteiger partial charge in [-0.15, -0.1) is 0 Å². The van der Waals surface area contributed by atoms with Crippen LogP contribution < -0.4 is 0 Å². The molecule has 4 aliphatic heterocycles. The molecule has 4 saturated heterocycles. The SMILES string of the molecule is CC(CC1CCCN(C(C)CC2CC(=O)N(C(C)C)C2=O)C1)N1CCC(N2CCCCC2)CC1. The van der Waals surface area contributed by atoms with Crippen molar-refractivity contribution in [2.75, 3.05) is 39.3 Å². The Hall–Kier alpha value is -0.980. The Morgan fingerprint density at radius 3 is 2.09 bits per heavy atom. The zero-order valence-corrected chi connectivity index (χ0v) is 22.4. The van der Waals surface area contributed by atoms with E-state index in [1.54, 1.807) is 0 Å². The van der Waals surface area contributed by atoms with Crippen LogP contribution in [-0.2, 0) is 9.59 Å². The largest absolute Gasteiger partial charge is 0.301 e. The fraction of sp³-hybridized carbons (Fsp3) is 0.929. The lowest BCUT2D eigenvalue weighted by atomic mass is 9.88. The number of carbonyl (C=O) groups excluding carboxylic acids is 2. The first kappa shape index (κ1) is 26.1. The molecule has 4 atom stereocenters. The molecule has 34 heavy (non-hydrogen) atoms. The summed E-state index contributed by atoms with van der Waals surface area (Å²) in [4.78, 5) is 34.7. The fourth-order valence-corrected chi connectivity index (χ4v) is 7.30. The van der Waals surface area contributed by atoms with Crippen LogP contribution in [0.15, 0.2) is 0 Å². The molecule has 6 heteroatoms. The molecule has 0 spiro atoms. The number of imide groups is 1. The van der Waals surface area contributed by atoms with Crippen molar-refractivity contribution in [2.24, 2.45) is 11.8 Å². The second-order valence-electron chi connectivity index (χ2n) is 12.1. The molecule has 4 fully saturated rings. The van der Waals surface area contributed by atoms with Crippen molar-refractivity contribution >= 4 is 11.8 Å². The average molecular weight is 475 g/mol. The van der Waals surface area contributed by atoms with Gasteiger partial charge in [-0.1, -0.05) is 6.42 Å². The topological polar surface area (TPSA) is 47.1 Å². The predicted molar refractivity (Wildman–Crippen MR) is 138 cm³/mol. The molecule has 0 aromatic heterocycles. The van der Waals surface area contributed by atoms with Crippen LogP contribution in [0, 0.1) is 11.8 Å². The van der Waals surface area contributed by atoms with Crippen molar-refractivity contribution in [1.82, 2.24) is 19.6 Å². The summed E-state index contributed by atoms with van der Waals surface area (Å²) in [5.74, 6) is 0.707. The third kappa shape index (κ3) is 6.22. The highest BCUT2D eigenvalue weighted by atomic mass is 16.2. The van der Waals surface area contributed by atoms with E-state index in [1.807, 2.05) is 13.8 Å². The van der Waals surface area contributed by atoms with Gasteiger partial charge in [0.2, 0.25) is 11.8 Å². The zero-order chi connectivity index (χ0) is 24.2. The highest BCUT2D eigenvalue weighted by molar-refractivity contribution is 6.03. The number of nitrogens with zero attached hydrogens (tertiary/aromatic N) is 4. The van der Waals surface area contributed by atoms with E-state index in [-0.39, 0.29) is 23.8 Å². The lowest BCUT2D eigenvalue weighted by molar-refractivity contribution is -0.141. The van der Waals surface area contributed by atoms with Gasteiger partial charge in [-0.2, -0.15) is 0 Å². The Kier molecular flexibility index (Phi) is 9.08. The molecule has 0 saturated carbocycles. The monoisotopic (exact) mass is 474 g/mol. The molecule has 6 nitrogen and oxygen atoms in total. The fourth-order valence-electron chi connectivity index (χ4n) is 7.30. The Morgan fingerprint density at radius 1 is 0.765 bits per heavy atom. The van der Waals surface area contributed by atoms with Crippen LogP contribution in [-0.4, -0.2) is 94.8 Å². The van der Waals surface area contributed by atoms with E-state index in [4.69, 9.17) is 0 Å². The number of piperidine rings is 3. The molecule has 0 aromatic rings. The van der Waals surface area contributed by atoms with Gasteiger partial charge < -0.3 is 14.7 Å². The van der Waals surface area contributed by atoms with E-state index in [2.05, 4.69) is 28.5 Å². The summed E-state index contributed by atoms with van der Waals surface area (Å²) in [5.41, 5.74) is 0. The first-order chi connectivity index (χ1) is 16.3. The van der Waals surface area contributed by atoms with E-state index in [9.17, 15) is 9.59 Å². The summed E-state index contributed by atoms with van der Waals surface area (Å²) in [6.07, 6.45) is 12.0. The minimum Gasteiger partial charge on any atom is -0.301 e. The number of likely N-dealkylation sites (tertiary alicyclic amines) is 4. The van der Waals surface area contributed by atoms with Crippen LogP contribution in [0.25, 0.3) is 0 Å². The maximum atomic E-state index is 12.8. The molecule has 0 radical (unpaired) electrons. The van der Waals surface area contributed by atoms with E-state index in [0.717, 1.165) is 31.5 Å². The maximum Gasteiger partial charge on any atom is 0.233 e. The lowest BCUT2D eigenvalue weighted by Crippen LogP contribution is -2.49. The summed E-state index contributed by atoms with van der Waals surface area (Å²) in [7, 11) is 0. The Labute approximate surface area is 208 Å². The standard InChI is InChI=1S/C28H50N4O2/c1-21(2)32-27(33)19-25(28(32)34)18-23(4)31-14-8-9-24(20-31)17-22(3)29-15-10-26(11-16-29)30-12-6-5-7-13-30/h21-26H,5-20H2,1-4H3. The highest BCUT2D eigenvalue weighted by Gasteiger charge is 2.41. The van der Waals surface area contributed by atoms with E-state index >= 15 is 0 Å². The average Bonchev–Trinajstić information content (AvgIpc) is 3.12. The minimum absolute atomic E-state index is 0.0200. The van der Waals surface area contributed by atoms with Crippen LogP contribution in [0.3, 0.4) is 0 Å². The Morgan fingerprint density at radius 2 is 1.44 bits per heavy atom. The molecule has 0 aliphatic carbocycles. The van der Waals surface area contributed by atoms with Crippen LogP contribution in [0.4, 0.5) is 0 Å². The van der Waals surface area contributed by atoms with Crippen molar-refractivity contribution in [2.45, 2.75) is 116 Å². The van der Waals surface area contributed by atoms with Crippen LogP contribution in [0.5, 0.6) is 0 Å². The van der Waals surface area contributed by atoms with Crippen molar-refractivity contribution in [3.63, 3.8) is 0 Å². The van der Waals surface area contributed by atoms with Gasteiger partial charge in [-0.25, -0.2) is 0 Å². The van der Waals surface area contributed by atoms with Gasteiger partial charge in [-0.3, -0.25) is 14.5 Å². The van der Waals surface area contributed by atoms with Gasteiger partial charge >= 0.3 is 0 Å². The van der Waals surface area contributed by atoms with Crippen LogP contribution >= 0.6 is 0 Å². The van der Waals surface area contributed by atoms with Crippen LogP contribution in [0.1, 0.15) is 91.9 Å². The maximum absolute atomic E-state index is 12.8. The molecule has 4 rings (SSSR count). The van der Waals surface area contributed by atoms with E-state index in [1.165, 1.54) is 82.4 Å². The first-order valence-electron chi connectivity index (χ1n) is 14.4. The van der Waals surface area contributed by atoms with Gasteiger partial charge in [0, 0.05) is 43.1 Å². The van der Waals surface area contributed by atoms with Gasteiger partial charge in [-0.05, 0) is 118 Å². The minimum atomic E-state index is -0.120. The second-order valence-corrected chi connectivity index (χ2v) is 12.1. The summed E-state index contributed by atoms with van der Waals surface area (Å²) in [5, 5.41) is 0. The van der Waals surface area contributed by atoms with Crippen molar-refractivity contribution in [1.29, 1.82) is 0 Å². The third-order valence-corrected chi connectivity index (χ3v) is 9.30. The molecule has 0 bridgehead atoms. The number of hydrogen-bond acceptors (Lipinski definition) is 5. The van der Waals surface area contributed by atoms with Gasteiger partial charge in [0.15, 0.2) is 0 Å². The quantitative estimate of drug-likeness (QED) is 0.498. The number of amides is 2. The van der Waals surface area contributed by atoms with Crippen LogP contribution in [0.2, 0.25) is 0 Å². The molecule has 194 valence electrons. The molecule has 0 N–H and O–H groups in total.